The average Bonchev–Trinajstić information content (AvgIpc) is 2.13. The lowest BCUT2D eigenvalue weighted by molar-refractivity contribution is -0.141. The zero-order valence-electron chi connectivity index (χ0n) is 8.83. The zero-order valence-corrected chi connectivity index (χ0v) is 8.83. The highest BCUT2D eigenvalue weighted by molar-refractivity contribution is 5.86. The van der Waals surface area contributed by atoms with E-state index >= 15 is 0 Å². The first-order valence-corrected chi connectivity index (χ1v) is 4.75. The number of carbonyl (C=O) groups excluding carboxylic acids is 1. The van der Waals surface area contributed by atoms with Crippen molar-refractivity contribution >= 4 is 11.9 Å². The molecule has 0 spiro atoms. The zero-order chi connectivity index (χ0) is 11.1. The molecule has 0 fully saturated rings. The molecule has 0 radical (unpaired) electrons. The normalized spacial score (nSPS) is 14.5. The summed E-state index contributed by atoms with van der Waals surface area (Å²) in [4.78, 5) is 21.8. The number of hydrogen-bond acceptors (Lipinski definition) is 3. The molecule has 0 aromatic carbocycles. The quantitative estimate of drug-likeness (QED) is 0.565. The van der Waals surface area contributed by atoms with Crippen molar-refractivity contribution in [2.45, 2.75) is 39.3 Å². The third-order valence-corrected chi connectivity index (χ3v) is 1.82. The summed E-state index contributed by atoms with van der Waals surface area (Å²) in [5, 5.41) is 13.9. The Morgan fingerprint density at radius 1 is 1.29 bits per heavy atom. The maximum Gasteiger partial charge on any atom is 0.325 e. The second-order valence-electron chi connectivity index (χ2n) is 3.24. The fourth-order valence-corrected chi connectivity index (χ4v) is 0.854. The molecule has 5 heteroatoms. The van der Waals surface area contributed by atoms with Crippen molar-refractivity contribution in [2.75, 3.05) is 6.54 Å². The number of carbonyl (C=O) groups is 2. The second-order valence-corrected chi connectivity index (χ2v) is 3.24. The fourth-order valence-electron chi connectivity index (χ4n) is 0.854. The Morgan fingerprint density at radius 2 is 1.86 bits per heavy atom. The Kier molecular flexibility index (Phi) is 5.87. The summed E-state index contributed by atoms with van der Waals surface area (Å²) >= 11 is 0. The molecule has 0 aromatic heterocycles. The van der Waals surface area contributed by atoms with Gasteiger partial charge in [0.1, 0.15) is 6.04 Å². The van der Waals surface area contributed by atoms with Crippen LogP contribution in [0.3, 0.4) is 0 Å². The summed E-state index contributed by atoms with van der Waals surface area (Å²) in [6, 6.07) is -1.19. The monoisotopic (exact) mass is 202 g/mol. The van der Waals surface area contributed by atoms with Crippen molar-refractivity contribution < 1.29 is 14.7 Å². The molecule has 0 bridgehead atoms. The van der Waals surface area contributed by atoms with Crippen LogP contribution in [0.25, 0.3) is 0 Å². The van der Waals surface area contributed by atoms with Gasteiger partial charge in [-0.25, -0.2) is 0 Å². The van der Waals surface area contributed by atoms with Crippen molar-refractivity contribution in [1.29, 1.82) is 0 Å². The molecule has 0 saturated heterocycles. The Hall–Kier alpha value is -1.10. The molecule has 0 aliphatic heterocycles. The van der Waals surface area contributed by atoms with Crippen molar-refractivity contribution in [3.63, 3.8) is 0 Å². The van der Waals surface area contributed by atoms with Crippen LogP contribution in [0.2, 0.25) is 0 Å². The minimum Gasteiger partial charge on any atom is -0.480 e. The first-order chi connectivity index (χ1) is 6.49. The molecular formula is C9H18N2O3. The van der Waals surface area contributed by atoms with Gasteiger partial charge in [0.05, 0.1) is 6.04 Å². The number of nitrogens with one attached hydrogen (secondary N) is 2. The molecule has 3 N–H and O–H groups in total. The highest BCUT2D eigenvalue weighted by atomic mass is 16.4. The Bertz CT molecular complexity index is 206. The van der Waals surface area contributed by atoms with Crippen LogP contribution >= 0.6 is 0 Å². The maximum absolute atomic E-state index is 11.3. The van der Waals surface area contributed by atoms with E-state index in [0.717, 1.165) is 13.0 Å². The minimum atomic E-state index is -1.03. The number of amides is 1. The fraction of sp³-hybridized carbons (Fsp3) is 0.778. The predicted octanol–water partition coefficient (Wildman–Crippen LogP) is -0.0362. The first-order valence-electron chi connectivity index (χ1n) is 4.75. The molecule has 0 aliphatic rings. The van der Waals surface area contributed by atoms with Gasteiger partial charge in [0.15, 0.2) is 0 Å². The Labute approximate surface area is 83.9 Å². The van der Waals surface area contributed by atoms with Crippen LogP contribution in [0, 0.1) is 0 Å². The summed E-state index contributed by atoms with van der Waals surface area (Å²) in [5.74, 6) is -1.31. The largest absolute Gasteiger partial charge is 0.480 e. The van der Waals surface area contributed by atoms with Crippen LogP contribution in [0.4, 0.5) is 0 Å². The summed E-state index contributed by atoms with van der Waals surface area (Å²) in [5.41, 5.74) is 0. The van der Waals surface area contributed by atoms with E-state index < -0.39 is 12.0 Å². The molecule has 0 aliphatic carbocycles. The number of hydrogen-bond donors (Lipinski definition) is 3. The van der Waals surface area contributed by atoms with Crippen molar-refractivity contribution in [3.8, 4) is 0 Å². The maximum atomic E-state index is 11.3. The standard InChI is InChI=1S/C9H18N2O3/c1-4-5-10-6(2)8(12)11-7(3)9(13)14/h6-7,10H,4-5H2,1-3H3,(H,11,12)(H,13,14)/t6-,7-/m0/s1. The Balaban J connectivity index is 3.88. The van der Waals surface area contributed by atoms with E-state index in [9.17, 15) is 9.59 Å². The number of aliphatic carboxylic acids is 1. The van der Waals surface area contributed by atoms with E-state index in [2.05, 4.69) is 10.6 Å². The van der Waals surface area contributed by atoms with Gasteiger partial charge in [-0.2, -0.15) is 0 Å². The number of rotatable bonds is 6. The van der Waals surface area contributed by atoms with E-state index in [1.54, 1.807) is 6.92 Å². The van der Waals surface area contributed by atoms with Gasteiger partial charge in [-0.3, -0.25) is 9.59 Å². The Morgan fingerprint density at radius 3 is 2.29 bits per heavy atom. The van der Waals surface area contributed by atoms with Gasteiger partial charge in [0.2, 0.25) is 5.91 Å². The number of carboxylic acids is 1. The van der Waals surface area contributed by atoms with Crippen LogP contribution in [-0.2, 0) is 9.59 Å². The molecule has 0 unspecified atom stereocenters. The van der Waals surface area contributed by atoms with E-state index in [1.165, 1.54) is 6.92 Å². The van der Waals surface area contributed by atoms with Gasteiger partial charge < -0.3 is 15.7 Å². The highest BCUT2D eigenvalue weighted by Crippen LogP contribution is 1.87. The van der Waals surface area contributed by atoms with Gasteiger partial charge in [0.25, 0.3) is 0 Å². The van der Waals surface area contributed by atoms with E-state index in [0.29, 0.717) is 0 Å². The molecular weight excluding hydrogens is 184 g/mol. The molecule has 0 rings (SSSR count). The van der Waals surface area contributed by atoms with Crippen molar-refractivity contribution in [3.05, 3.63) is 0 Å². The van der Waals surface area contributed by atoms with E-state index in [1.807, 2.05) is 6.92 Å². The summed E-state index contributed by atoms with van der Waals surface area (Å²) < 4.78 is 0. The third-order valence-electron chi connectivity index (χ3n) is 1.82. The first kappa shape index (κ1) is 12.9. The summed E-state index contributed by atoms with van der Waals surface area (Å²) in [7, 11) is 0. The van der Waals surface area contributed by atoms with Crippen molar-refractivity contribution in [1.82, 2.24) is 10.6 Å². The molecule has 2 atom stereocenters. The van der Waals surface area contributed by atoms with Gasteiger partial charge in [-0.1, -0.05) is 6.92 Å². The lowest BCUT2D eigenvalue weighted by Crippen LogP contribution is -2.47. The average molecular weight is 202 g/mol. The predicted molar refractivity (Wildman–Crippen MR) is 53.0 cm³/mol. The third kappa shape index (κ3) is 4.81. The minimum absolute atomic E-state index is 0.284. The lowest BCUT2D eigenvalue weighted by atomic mass is 10.2. The van der Waals surface area contributed by atoms with E-state index in [4.69, 9.17) is 5.11 Å². The SMILES string of the molecule is CCCN[C@@H](C)C(=O)N[C@@H](C)C(=O)O. The summed E-state index contributed by atoms with van der Waals surface area (Å²) in [6.45, 7) is 5.89. The molecule has 0 heterocycles. The number of carboxylic acid groups (broad SMARTS) is 1. The molecule has 5 nitrogen and oxygen atoms in total. The lowest BCUT2D eigenvalue weighted by Gasteiger charge is -2.15. The topological polar surface area (TPSA) is 78.4 Å². The van der Waals surface area contributed by atoms with E-state index in [-0.39, 0.29) is 11.9 Å². The van der Waals surface area contributed by atoms with Crippen LogP contribution < -0.4 is 10.6 Å². The molecule has 82 valence electrons. The second kappa shape index (κ2) is 6.37. The van der Waals surface area contributed by atoms with Crippen LogP contribution in [0.15, 0.2) is 0 Å². The molecule has 0 saturated carbocycles. The van der Waals surface area contributed by atoms with Crippen LogP contribution in [-0.4, -0.2) is 35.6 Å². The van der Waals surface area contributed by atoms with Gasteiger partial charge >= 0.3 is 5.97 Å². The molecule has 0 aromatic rings. The van der Waals surface area contributed by atoms with Gasteiger partial charge in [-0.15, -0.1) is 0 Å². The summed E-state index contributed by atoms with van der Waals surface area (Å²) in [6.07, 6.45) is 0.937. The molecule has 1 amide bonds. The van der Waals surface area contributed by atoms with Crippen molar-refractivity contribution in [2.24, 2.45) is 0 Å². The van der Waals surface area contributed by atoms with Crippen LogP contribution in [0.1, 0.15) is 27.2 Å². The molecule has 14 heavy (non-hydrogen) atoms. The van der Waals surface area contributed by atoms with Gasteiger partial charge in [0, 0.05) is 0 Å². The smallest absolute Gasteiger partial charge is 0.325 e. The highest BCUT2D eigenvalue weighted by Gasteiger charge is 2.17. The van der Waals surface area contributed by atoms with Crippen LogP contribution in [0.5, 0.6) is 0 Å². The van der Waals surface area contributed by atoms with Gasteiger partial charge in [-0.05, 0) is 26.8 Å².